The van der Waals surface area contributed by atoms with Gasteiger partial charge in [0.1, 0.15) is 6.04 Å². The van der Waals surface area contributed by atoms with E-state index in [0.717, 1.165) is 0 Å². The second kappa shape index (κ2) is 4.45. The van der Waals surface area contributed by atoms with Gasteiger partial charge in [-0.2, -0.15) is 0 Å². The summed E-state index contributed by atoms with van der Waals surface area (Å²) < 4.78 is 6.33. The predicted molar refractivity (Wildman–Crippen MR) is 63.9 cm³/mol. The molecule has 0 aliphatic heterocycles. The van der Waals surface area contributed by atoms with Crippen molar-refractivity contribution in [1.82, 2.24) is 9.55 Å². The lowest BCUT2D eigenvalue weighted by Crippen LogP contribution is -2.27. The standard InChI is InChI=1S/C12H14N2O3/c1-3-17-11(15)8(2)14-10-7-5-4-6-9(10)13-12(14)16/h4-8H,3H2,1-2H3,(H,13,16). The van der Waals surface area contributed by atoms with E-state index in [-0.39, 0.29) is 5.69 Å². The largest absolute Gasteiger partial charge is 0.464 e. The minimum Gasteiger partial charge on any atom is -0.464 e. The van der Waals surface area contributed by atoms with Gasteiger partial charge in [-0.05, 0) is 26.0 Å². The molecule has 0 amide bonds. The van der Waals surface area contributed by atoms with Crippen LogP contribution in [0, 0.1) is 0 Å². The van der Waals surface area contributed by atoms with Crippen molar-refractivity contribution in [3.8, 4) is 0 Å². The Morgan fingerprint density at radius 3 is 2.88 bits per heavy atom. The van der Waals surface area contributed by atoms with E-state index in [0.29, 0.717) is 17.6 Å². The molecule has 1 N–H and O–H groups in total. The Balaban J connectivity index is 2.51. The average molecular weight is 234 g/mol. The molecular formula is C12H14N2O3. The molecule has 1 heterocycles. The fourth-order valence-electron chi connectivity index (χ4n) is 1.83. The average Bonchev–Trinajstić information content (AvgIpc) is 2.64. The van der Waals surface area contributed by atoms with E-state index in [4.69, 9.17) is 4.74 Å². The van der Waals surface area contributed by atoms with Gasteiger partial charge in [-0.15, -0.1) is 0 Å². The summed E-state index contributed by atoms with van der Waals surface area (Å²) in [6.07, 6.45) is 0. The molecule has 5 nitrogen and oxygen atoms in total. The number of esters is 1. The van der Waals surface area contributed by atoms with Gasteiger partial charge in [-0.25, -0.2) is 9.59 Å². The number of nitrogens with one attached hydrogen (secondary N) is 1. The zero-order valence-electron chi connectivity index (χ0n) is 9.77. The Hall–Kier alpha value is -2.04. The highest BCUT2D eigenvalue weighted by Gasteiger charge is 2.20. The van der Waals surface area contributed by atoms with Gasteiger partial charge in [0.25, 0.3) is 0 Å². The summed E-state index contributed by atoms with van der Waals surface area (Å²) in [7, 11) is 0. The maximum absolute atomic E-state index is 11.8. The number of para-hydroxylation sites is 2. The van der Waals surface area contributed by atoms with Gasteiger partial charge in [0.15, 0.2) is 0 Å². The van der Waals surface area contributed by atoms with E-state index in [9.17, 15) is 9.59 Å². The van der Waals surface area contributed by atoms with Crippen LogP contribution >= 0.6 is 0 Å². The summed E-state index contributed by atoms with van der Waals surface area (Å²) in [4.78, 5) is 26.1. The lowest BCUT2D eigenvalue weighted by molar-refractivity contribution is -0.146. The van der Waals surface area contributed by atoms with Crippen molar-refractivity contribution in [3.05, 3.63) is 34.7 Å². The maximum Gasteiger partial charge on any atom is 0.329 e. The van der Waals surface area contributed by atoms with Crippen LogP contribution in [0.3, 0.4) is 0 Å². The molecular weight excluding hydrogens is 220 g/mol. The Labute approximate surface area is 98.0 Å². The number of hydrogen-bond acceptors (Lipinski definition) is 3. The Bertz CT molecular complexity index is 597. The number of hydrogen-bond donors (Lipinski definition) is 1. The van der Waals surface area contributed by atoms with Crippen LogP contribution in [0.25, 0.3) is 11.0 Å². The first-order valence-electron chi connectivity index (χ1n) is 5.51. The molecule has 1 aromatic carbocycles. The summed E-state index contributed by atoms with van der Waals surface area (Å²) in [6.45, 7) is 3.70. The van der Waals surface area contributed by atoms with E-state index < -0.39 is 12.0 Å². The number of carbonyl (C=O) groups is 1. The molecule has 1 atom stereocenters. The van der Waals surface area contributed by atoms with Crippen molar-refractivity contribution >= 4 is 17.0 Å². The second-order valence-corrected chi connectivity index (χ2v) is 3.75. The first kappa shape index (κ1) is 11.4. The van der Waals surface area contributed by atoms with Gasteiger partial charge in [0.2, 0.25) is 0 Å². The number of nitrogens with zero attached hydrogens (tertiary/aromatic N) is 1. The Morgan fingerprint density at radius 1 is 1.47 bits per heavy atom. The van der Waals surface area contributed by atoms with E-state index in [1.165, 1.54) is 4.57 Å². The van der Waals surface area contributed by atoms with Crippen molar-refractivity contribution in [2.24, 2.45) is 0 Å². The highest BCUT2D eigenvalue weighted by Crippen LogP contribution is 2.15. The number of fused-ring (bicyclic) bond motifs is 1. The van der Waals surface area contributed by atoms with Crippen molar-refractivity contribution in [3.63, 3.8) is 0 Å². The number of aromatic nitrogens is 2. The number of benzene rings is 1. The van der Waals surface area contributed by atoms with Crippen LogP contribution in [0.2, 0.25) is 0 Å². The lowest BCUT2D eigenvalue weighted by atomic mass is 10.3. The molecule has 0 aliphatic carbocycles. The van der Waals surface area contributed by atoms with Crippen LogP contribution in [0.5, 0.6) is 0 Å². The van der Waals surface area contributed by atoms with Gasteiger partial charge in [0.05, 0.1) is 17.6 Å². The van der Waals surface area contributed by atoms with Crippen molar-refractivity contribution < 1.29 is 9.53 Å². The normalized spacial score (nSPS) is 12.6. The first-order valence-corrected chi connectivity index (χ1v) is 5.51. The minimum atomic E-state index is -0.626. The Morgan fingerprint density at radius 2 is 2.18 bits per heavy atom. The zero-order chi connectivity index (χ0) is 12.4. The molecule has 0 saturated heterocycles. The van der Waals surface area contributed by atoms with Crippen LogP contribution in [0.15, 0.2) is 29.1 Å². The maximum atomic E-state index is 11.8. The van der Waals surface area contributed by atoms with Crippen LogP contribution in [0.4, 0.5) is 0 Å². The molecule has 2 rings (SSSR count). The molecule has 0 saturated carbocycles. The summed E-state index contributed by atoms with van der Waals surface area (Å²) in [5, 5.41) is 0. The number of aromatic amines is 1. The lowest BCUT2D eigenvalue weighted by Gasteiger charge is -2.11. The quantitative estimate of drug-likeness (QED) is 0.817. The van der Waals surface area contributed by atoms with Gasteiger partial charge in [-0.1, -0.05) is 12.1 Å². The van der Waals surface area contributed by atoms with Gasteiger partial charge < -0.3 is 9.72 Å². The molecule has 0 aliphatic rings. The molecule has 0 radical (unpaired) electrons. The molecule has 1 aromatic heterocycles. The number of ether oxygens (including phenoxy) is 1. The third-order valence-electron chi connectivity index (χ3n) is 2.64. The topological polar surface area (TPSA) is 64.1 Å². The molecule has 17 heavy (non-hydrogen) atoms. The van der Waals surface area contributed by atoms with E-state index in [2.05, 4.69) is 4.98 Å². The fraction of sp³-hybridized carbons (Fsp3) is 0.333. The molecule has 90 valence electrons. The number of H-pyrrole nitrogens is 1. The van der Waals surface area contributed by atoms with Crippen LogP contribution in [-0.2, 0) is 9.53 Å². The highest BCUT2D eigenvalue weighted by atomic mass is 16.5. The van der Waals surface area contributed by atoms with Crippen LogP contribution in [0.1, 0.15) is 19.9 Å². The summed E-state index contributed by atoms with van der Waals surface area (Å²) in [5.41, 5.74) is 1.12. The highest BCUT2D eigenvalue weighted by molar-refractivity contribution is 5.80. The predicted octanol–water partition coefficient (Wildman–Crippen LogP) is 1.45. The molecule has 0 fully saturated rings. The van der Waals surface area contributed by atoms with Crippen molar-refractivity contribution in [2.45, 2.75) is 19.9 Å². The second-order valence-electron chi connectivity index (χ2n) is 3.75. The summed E-state index contributed by atoms with van der Waals surface area (Å²) in [6, 6.07) is 6.62. The number of rotatable bonds is 3. The molecule has 2 aromatic rings. The SMILES string of the molecule is CCOC(=O)C(C)n1c(=O)[nH]c2ccccc21. The van der Waals surface area contributed by atoms with Crippen molar-refractivity contribution in [1.29, 1.82) is 0 Å². The molecule has 5 heteroatoms. The monoisotopic (exact) mass is 234 g/mol. The smallest absolute Gasteiger partial charge is 0.329 e. The van der Waals surface area contributed by atoms with Gasteiger partial charge in [0, 0.05) is 0 Å². The van der Waals surface area contributed by atoms with Crippen molar-refractivity contribution in [2.75, 3.05) is 6.61 Å². The first-order chi connectivity index (χ1) is 8.15. The zero-order valence-corrected chi connectivity index (χ0v) is 9.77. The van der Waals surface area contributed by atoms with Crippen LogP contribution < -0.4 is 5.69 Å². The molecule has 0 bridgehead atoms. The van der Waals surface area contributed by atoms with E-state index in [1.54, 1.807) is 26.0 Å². The molecule has 0 spiro atoms. The molecule has 1 unspecified atom stereocenters. The summed E-state index contributed by atoms with van der Waals surface area (Å²) >= 11 is 0. The summed E-state index contributed by atoms with van der Waals surface area (Å²) in [5.74, 6) is -0.403. The third-order valence-corrected chi connectivity index (χ3v) is 2.64. The van der Waals surface area contributed by atoms with E-state index in [1.807, 2.05) is 12.1 Å². The Kier molecular flexibility index (Phi) is 2.99. The van der Waals surface area contributed by atoms with Gasteiger partial charge >= 0.3 is 11.7 Å². The fourth-order valence-corrected chi connectivity index (χ4v) is 1.83. The van der Waals surface area contributed by atoms with Gasteiger partial charge in [-0.3, -0.25) is 4.57 Å². The van der Waals surface area contributed by atoms with E-state index >= 15 is 0 Å². The van der Waals surface area contributed by atoms with Crippen LogP contribution in [-0.4, -0.2) is 22.1 Å². The minimum absolute atomic E-state index is 0.299. The number of imidazole rings is 1. The third kappa shape index (κ3) is 1.95. The number of carbonyl (C=O) groups excluding carboxylic acids is 1.